The molecule has 3 heterocycles. The minimum atomic E-state index is 0.930. The molecule has 3 aromatic heterocycles. The molecule has 0 aliphatic carbocycles. The molecule has 0 saturated carbocycles. The van der Waals surface area contributed by atoms with E-state index in [1.807, 2.05) is 28.7 Å². The molecule has 11 rings (SSSR count). The Morgan fingerprint density at radius 3 is 1.69 bits per heavy atom. The molecule has 1 nitrogen and oxygen atoms in total. The lowest BCUT2D eigenvalue weighted by Crippen LogP contribution is -1.83. The van der Waals surface area contributed by atoms with Crippen LogP contribution in [0.4, 0.5) is 0 Å². The lowest BCUT2D eigenvalue weighted by atomic mass is 9.94. The van der Waals surface area contributed by atoms with Crippen LogP contribution in [0.5, 0.6) is 0 Å². The first-order valence-electron chi connectivity index (χ1n) is 17.2. The Hall–Kier alpha value is -6.00. The van der Waals surface area contributed by atoms with Crippen molar-refractivity contribution >= 4 is 107 Å². The summed E-state index contributed by atoms with van der Waals surface area (Å²) < 4.78 is 11.7. The Bertz CT molecular complexity index is 3260. The summed E-state index contributed by atoms with van der Waals surface area (Å²) in [4.78, 5) is 0. The number of thiophene rings is 2. The van der Waals surface area contributed by atoms with Crippen LogP contribution in [-0.2, 0) is 0 Å². The zero-order valence-electron chi connectivity index (χ0n) is 27.4. The van der Waals surface area contributed by atoms with Gasteiger partial charge in [0, 0.05) is 56.5 Å². The van der Waals surface area contributed by atoms with Gasteiger partial charge in [0.15, 0.2) is 0 Å². The predicted octanol–water partition coefficient (Wildman–Crippen LogP) is 15.1. The van der Waals surface area contributed by atoms with Gasteiger partial charge in [-0.05, 0) is 86.9 Å². The monoisotopic (exact) mass is 684 g/mol. The second-order valence-electron chi connectivity index (χ2n) is 13.2. The fourth-order valence-electron chi connectivity index (χ4n) is 7.91. The van der Waals surface area contributed by atoms with Crippen molar-refractivity contribution in [3.63, 3.8) is 0 Å². The minimum Gasteiger partial charge on any atom is -0.455 e. The first-order valence-corrected chi connectivity index (χ1v) is 18.9. The molecule has 0 saturated heterocycles. The SMILES string of the molecule is c1cccc(-c2ccc3sc4cc5ccc6c7ccccc7oc6c5cc4c3c2)c2ccccc2c(-c2ccc3c(c2)sc2ccccc23)cc1. The van der Waals surface area contributed by atoms with Crippen molar-refractivity contribution in [3.05, 3.63) is 170 Å². The van der Waals surface area contributed by atoms with Gasteiger partial charge in [-0.15, -0.1) is 22.7 Å². The van der Waals surface area contributed by atoms with Crippen molar-refractivity contribution in [2.24, 2.45) is 0 Å². The van der Waals surface area contributed by atoms with Gasteiger partial charge in [0.25, 0.3) is 0 Å². The van der Waals surface area contributed by atoms with Crippen LogP contribution in [0.3, 0.4) is 0 Å². The van der Waals surface area contributed by atoms with E-state index in [0.29, 0.717) is 0 Å². The van der Waals surface area contributed by atoms with Crippen LogP contribution in [-0.4, -0.2) is 0 Å². The highest BCUT2D eigenvalue weighted by Crippen LogP contribution is 2.43. The smallest absolute Gasteiger partial charge is 0.143 e. The third-order valence-corrected chi connectivity index (χ3v) is 12.6. The first-order chi connectivity index (χ1) is 25.3. The lowest BCUT2D eigenvalue weighted by molar-refractivity contribution is 0.673. The highest BCUT2D eigenvalue weighted by molar-refractivity contribution is 7.26. The Balaban J connectivity index is 1.15. The third-order valence-electron chi connectivity index (χ3n) is 10.3. The highest BCUT2D eigenvalue weighted by Gasteiger charge is 2.15. The molecule has 238 valence electrons. The van der Waals surface area contributed by atoms with Crippen LogP contribution in [0.2, 0.25) is 0 Å². The van der Waals surface area contributed by atoms with E-state index in [4.69, 9.17) is 4.42 Å². The summed E-state index contributed by atoms with van der Waals surface area (Å²) in [7, 11) is 0. The molecular formula is C48H28OS2. The zero-order valence-corrected chi connectivity index (χ0v) is 29.0. The summed E-state index contributed by atoms with van der Waals surface area (Å²) in [6, 6.07) is 62.1. The van der Waals surface area contributed by atoms with Crippen molar-refractivity contribution in [1.82, 2.24) is 0 Å². The van der Waals surface area contributed by atoms with E-state index in [9.17, 15) is 0 Å². The molecule has 0 aliphatic heterocycles. The van der Waals surface area contributed by atoms with Crippen molar-refractivity contribution in [1.29, 1.82) is 0 Å². The van der Waals surface area contributed by atoms with Gasteiger partial charge in [-0.25, -0.2) is 0 Å². The highest BCUT2D eigenvalue weighted by atomic mass is 32.1. The average molecular weight is 685 g/mol. The van der Waals surface area contributed by atoms with E-state index >= 15 is 0 Å². The number of benzene rings is 7. The number of fused-ring (bicyclic) bond motifs is 12. The zero-order chi connectivity index (χ0) is 33.5. The van der Waals surface area contributed by atoms with Gasteiger partial charge in [0.05, 0.1) is 0 Å². The van der Waals surface area contributed by atoms with Gasteiger partial charge in [-0.2, -0.15) is 0 Å². The van der Waals surface area contributed by atoms with Gasteiger partial charge in [0.1, 0.15) is 11.2 Å². The second kappa shape index (κ2) is 11.3. The summed E-state index contributed by atoms with van der Waals surface area (Å²) in [5, 5.41) is 12.3. The normalized spacial score (nSPS) is 11.9. The Morgan fingerprint density at radius 1 is 0.314 bits per heavy atom. The predicted molar refractivity (Wildman–Crippen MR) is 223 cm³/mol. The standard InChI is InChI=1S/C48H28OS2/c1-2-4-12-33(30-19-22-38-37-16-8-10-18-44(37)50-46(38)26-30)35-14-6-5-13-34(35)32(11-3-1)29-21-24-45-41(25-29)42-28-40-31(27-47(42)51-45)20-23-39-36-15-7-9-17-43(36)49-48(39)40/h1-28H. The first kappa shape index (κ1) is 28.8. The lowest BCUT2D eigenvalue weighted by Gasteiger charge is -2.10. The van der Waals surface area contributed by atoms with E-state index in [1.165, 1.54) is 78.8 Å². The molecule has 0 fully saturated rings. The summed E-state index contributed by atoms with van der Waals surface area (Å²) in [6.45, 7) is 0. The van der Waals surface area contributed by atoms with Crippen molar-refractivity contribution in [2.45, 2.75) is 0 Å². The maximum Gasteiger partial charge on any atom is 0.143 e. The minimum absolute atomic E-state index is 0.930. The number of hydrogen-bond acceptors (Lipinski definition) is 3. The number of rotatable bonds is 2. The fraction of sp³-hybridized carbons (Fsp3) is 0. The molecule has 0 aliphatic rings. The Morgan fingerprint density at radius 2 is 0.882 bits per heavy atom. The van der Waals surface area contributed by atoms with Crippen molar-refractivity contribution < 1.29 is 4.42 Å². The van der Waals surface area contributed by atoms with Gasteiger partial charge in [-0.1, -0.05) is 121 Å². The molecule has 0 amide bonds. The van der Waals surface area contributed by atoms with Crippen LogP contribution in [0.15, 0.2) is 174 Å². The summed E-state index contributed by atoms with van der Waals surface area (Å²) in [5.41, 5.74) is 6.72. The maximum absolute atomic E-state index is 6.47. The van der Waals surface area contributed by atoms with Crippen LogP contribution in [0.1, 0.15) is 0 Å². The molecule has 51 heavy (non-hydrogen) atoms. The Kier molecular flexibility index (Phi) is 6.36. The fourth-order valence-corrected chi connectivity index (χ4v) is 10.2. The molecule has 8 aromatic carbocycles. The summed E-state index contributed by atoms with van der Waals surface area (Å²) in [5.74, 6) is 0. The molecular weight excluding hydrogens is 657 g/mol. The van der Waals surface area contributed by atoms with Gasteiger partial charge in [0.2, 0.25) is 0 Å². The average Bonchev–Trinajstić information content (AvgIpc) is 3.86. The van der Waals surface area contributed by atoms with Crippen LogP contribution < -0.4 is 0 Å². The van der Waals surface area contributed by atoms with Crippen molar-refractivity contribution in [2.75, 3.05) is 0 Å². The van der Waals surface area contributed by atoms with Crippen molar-refractivity contribution in [3.8, 4) is 22.3 Å². The van der Waals surface area contributed by atoms with E-state index in [2.05, 4.69) is 164 Å². The molecule has 3 heteroatoms. The number of furan rings is 1. The van der Waals surface area contributed by atoms with Gasteiger partial charge < -0.3 is 4.42 Å². The maximum atomic E-state index is 6.47. The molecule has 0 N–H and O–H groups in total. The quantitative estimate of drug-likeness (QED) is 0.177. The molecule has 11 aromatic rings. The molecule has 0 atom stereocenters. The largest absolute Gasteiger partial charge is 0.455 e. The molecule has 0 unspecified atom stereocenters. The number of para-hydroxylation sites is 1. The molecule has 0 bridgehead atoms. The number of hydrogen-bond donors (Lipinski definition) is 0. The summed E-state index contributed by atoms with van der Waals surface area (Å²) in [6.07, 6.45) is 0. The molecule has 0 spiro atoms. The van der Waals surface area contributed by atoms with Crippen LogP contribution in [0, 0.1) is 0 Å². The van der Waals surface area contributed by atoms with Crippen LogP contribution in [0.25, 0.3) is 106 Å². The summed E-state index contributed by atoms with van der Waals surface area (Å²) >= 11 is 3.73. The van der Waals surface area contributed by atoms with Crippen LogP contribution >= 0.6 is 22.7 Å². The van der Waals surface area contributed by atoms with Gasteiger partial charge >= 0.3 is 0 Å². The third kappa shape index (κ3) is 4.52. The van der Waals surface area contributed by atoms with Gasteiger partial charge in [-0.3, -0.25) is 0 Å². The molecule has 0 radical (unpaired) electrons. The van der Waals surface area contributed by atoms with E-state index in [0.717, 1.165) is 27.3 Å². The topological polar surface area (TPSA) is 13.1 Å². The van der Waals surface area contributed by atoms with E-state index in [-0.39, 0.29) is 0 Å². The van der Waals surface area contributed by atoms with E-state index in [1.54, 1.807) is 0 Å². The van der Waals surface area contributed by atoms with E-state index < -0.39 is 0 Å². The Labute approximate surface area is 301 Å². The second-order valence-corrected chi connectivity index (χ2v) is 15.4.